The van der Waals surface area contributed by atoms with E-state index in [-0.39, 0.29) is 6.04 Å². The van der Waals surface area contributed by atoms with Crippen LogP contribution in [0.2, 0.25) is 0 Å². The monoisotopic (exact) mass is 186 g/mol. The maximum atomic E-state index is 10.3. The molecule has 0 saturated carbocycles. The van der Waals surface area contributed by atoms with Crippen LogP contribution in [0.3, 0.4) is 0 Å². The minimum Gasteiger partial charge on any atom is -0.381 e. The Kier molecular flexibility index (Phi) is 2.55. The van der Waals surface area contributed by atoms with Crippen LogP contribution in [0, 0.1) is 0 Å². The average Bonchev–Trinajstić information content (AvgIpc) is 2.54. The molecule has 1 atom stereocenters. The minimum atomic E-state index is -0.633. The van der Waals surface area contributed by atoms with Crippen LogP contribution in [0.15, 0.2) is 0 Å². The number of nitrogens with zero attached hydrogens (tertiary/aromatic N) is 1. The van der Waals surface area contributed by atoms with Gasteiger partial charge in [0.25, 0.3) is 0 Å². The Bertz CT molecular complexity index is 180. The molecule has 13 heavy (non-hydrogen) atoms. The number of hydrogen-bond donors (Lipinski definition) is 2. The molecule has 0 aromatic heterocycles. The van der Waals surface area contributed by atoms with E-state index in [1.54, 1.807) is 0 Å². The van der Waals surface area contributed by atoms with Gasteiger partial charge in [-0.1, -0.05) is 0 Å². The molecular formula is C9H18N2O2. The second-order valence-corrected chi connectivity index (χ2v) is 4.09. The van der Waals surface area contributed by atoms with Crippen LogP contribution in [0.5, 0.6) is 0 Å². The Hall–Kier alpha value is -0.160. The Labute approximate surface area is 78.7 Å². The third-order valence-electron chi connectivity index (χ3n) is 3.11. The average molecular weight is 186 g/mol. The van der Waals surface area contributed by atoms with E-state index in [0.717, 1.165) is 32.4 Å². The van der Waals surface area contributed by atoms with Crippen LogP contribution in [0.1, 0.15) is 19.3 Å². The number of nitrogens with two attached hydrogens (primary N) is 1. The van der Waals surface area contributed by atoms with Gasteiger partial charge in [-0.25, -0.2) is 0 Å². The zero-order valence-electron chi connectivity index (χ0n) is 7.91. The maximum Gasteiger partial charge on any atom is 0.122 e. The van der Waals surface area contributed by atoms with Crippen molar-refractivity contribution in [1.29, 1.82) is 0 Å². The number of hydrogen-bond acceptors (Lipinski definition) is 4. The van der Waals surface area contributed by atoms with Gasteiger partial charge in [-0.2, -0.15) is 0 Å². The largest absolute Gasteiger partial charge is 0.381 e. The molecule has 0 amide bonds. The molecule has 0 aromatic rings. The van der Waals surface area contributed by atoms with Crippen molar-refractivity contribution in [2.24, 2.45) is 5.73 Å². The molecule has 0 aromatic carbocycles. The molecule has 4 nitrogen and oxygen atoms in total. The SMILES string of the molecule is NC1CCN(C2(O)CCOCC2)C1. The number of aliphatic hydroxyl groups is 1. The summed E-state index contributed by atoms with van der Waals surface area (Å²) in [6.07, 6.45) is 2.45. The molecule has 0 radical (unpaired) electrons. The van der Waals surface area contributed by atoms with E-state index in [2.05, 4.69) is 4.90 Å². The Morgan fingerprint density at radius 2 is 2.08 bits per heavy atom. The van der Waals surface area contributed by atoms with Crippen LogP contribution in [-0.2, 0) is 4.74 Å². The van der Waals surface area contributed by atoms with Gasteiger partial charge in [0.1, 0.15) is 5.72 Å². The van der Waals surface area contributed by atoms with Gasteiger partial charge in [0.05, 0.1) is 13.2 Å². The van der Waals surface area contributed by atoms with E-state index in [1.807, 2.05) is 0 Å². The van der Waals surface area contributed by atoms with Crippen molar-refractivity contribution in [3.8, 4) is 0 Å². The fourth-order valence-electron chi connectivity index (χ4n) is 2.18. The van der Waals surface area contributed by atoms with Crippen molar-refractivity contribution < 1.29 is 9.84 Å². The maximum absolute atomic E-state index is 10.3. The first kappa shape index (κ1) is 9.40. The lowest BCUT2D eigenvalue weighted by Crippen LogP contribution is -2.51. The van der Waals surface area contributed by atoms with Crippen LogP contribution < -0.4 is 5.73 Å². The highest BCUT2D eigenvalue weighted by Crippen LogP contribution is 2.27. The summed E-state index contributed by atoms with van der Waals surface area (Å²) in [5, 5.41) is 10.3. The van der Waals surface area contributed by atoms with Crippen LogP contribution in [0.25, 0.3) is 0 Å². The van der Waals surface area contributed by atoms with Gasteiger partial charge in [-0.3, -0.25) is 4.90 Å². The zero-order chi connectivity index (χ0) is 9.31. The summed E-state index contributed by atoms with van der Waals surface area (Å²) in [6, 6.07) is 0.242. The summed E-state index contributed by atoms with van der Waals surface area (Å²) in [6.45, 7) is 3.10. The molecule has 2 aliphatic rings. The van der Waals surface area contributed by atoms with Gasteiger partial charge >= 0.3 is 0 Å². The molecule has 2 saturated heterocycles. The second kappa shape index (κ2) is 3.53. The first-order valence-corrected chi connectivity index (χ1v) is 5.01. The third-order valence-corrected chi connectivity index (χ3v) is 3.11. The smallest absolute Gasteiger partial charge is 0.122 e. The second-order valence-electron chi connectivity index (χ2n) is 4.09. The number of likely N-dealkylation sites (tertiary alicyclic amines) is 1. The van der Waals surface area contributed by atoms with Crippen LogP contribution in [-0.4, -0.2) is 48.1 Å². The first-order valence-electron chi connectivity index (χ1n) is 5.01. The molecule has 2 fully saturated rings. The molecule has 3 N–H and O–H groups in total. The highest BCUT2D eigenvalue weighted by Gasteiger charge is 2.39. The van der Waals surface area contributed by atoms with Gasteiger partial charge in [0.15, 0.2) is 0 Å². The lowest BCUT2D eigenvalue weighted by atomic mass is 10.0. The molecule has 0 aliphatic carbocycles. The minimum absolute atomic E-state index is 0.242. The van der Waals surface area contributed by atoms with E-state index in [1.165, 1.54) is 0 Å². The third kappa shape index (κ3) is 1.86. The standard InChI is InChI=1S/C9H18N2O2/c10-8-1-4-11(7-8)9(12)2-5-13-6-3-9/h8,12H,1-7,10H2. The van der Waals surface area contributed by atoms with Crippen molar-refractivity contribution in [2.75, 3.05) is 26.3 Å². The predicted octanol–water partition coefficient (Wildman–Crippen LogP) is -0.482. The topological polar surface area (TPSA) is 58.7 Å². The van der Waals surface area contributed by atoms with Crippen molar-refractivity contribution >= 4 is 0 Å². The molecular weight excluding hydrogens is 168 g/mol. The van der Waals surface area contributed by atoms with E-state index < -0.39 is 5.72 Å². The molecule has 2 aliphatic heterocycles. The van der Waals surface area contributed by atoms with Gasteiger partial charge in [-0.15, -0.1) is 0 Å². The molecule has 4 heteroatoms. The van der Waals surface area contributed by atoms with Crippen molar-refractivity contribution in [1.82, 2.24) is 4.90 Å². The Balaban J connectivity index is 1.97. The lowest BCUT2D eigenvalue weighted by molar-refractivity contribution is -0.155. The normalized spacial score (nSPS) is 35.1. The fraction of sp³-hybridized carbons (Fsp3) is 1.00. The van der Waals surface area contributed by atoms with E-state index >= 15 is 0 Å². The summed E-state index contributed by atoms with van der Waals surface area (Å²) >= 11 is 0. The number of rotatable bonds is 1. The van der Waals surface area contributed by atoms with Crippen LogP contribution in [0.4, 0.5) is 0 Å². The molecule has 1 unspecified atom stereocenters. The molecule has 0 spiro atoms. The highest BCUT2D eigenvalue weighted by atomic mass is 16.5. The van der Waals surface area contributed by atoms with Crippen molar-refractivity contribution in [2.45, 2.75) is 31.0 Å². The predicted molar refractivity (Wildman–Crippen MR) is 49.2 cm³/mol. The van der Waals surface area contributed by atoms with E-state index in [0.29, 0.717) is 13.2 Å². The Morgan fingerprint density at radius 3 is 2.62 bits per heavy atom. The van der Waals surface area contributed by atoms with Crippen molar-refractivity contribution in [3.05, 3.63) is 0 Å². The quantitative estimate of drug-likeness (QED) is 0.580. The highest BCUT2D eigenvalue weighted by molar-refractivity contribution is 4.89. The molecule has 2 rings (SSSR count). The van der Waals surface area contributed by atoms with Crippen LogP contribution >= 0.6 is 0 Å². The van der Waals surface area contributed by atoms with Crippen molar-refractivity contribution in [3.63, 3.8) is 0 Å². The molecule has 2 heterocycles. The number of ether oxygens (including phenoxy) is 1. The van der Waals surface area contributed by atoms with Gasteiger partial charge < -0.3 is 15.6 Å². The Morgan fingerprint density at radius 1 is 1.38 bits per heavy atom. The zero-order valence-corrected chi connectivity index (χ0v) is 7.91. The van der Waals surface area contributed by atoms with Gasteiger partial charge in [0.2, 0.25) is 0 Å². The molecule has 76 valence electrons. The van der Waals surface area contributed by atoms with Gasteiger partial charge in [-0.05, 0) is 6.42 Å². The summed E-state index contributed by atoms with van der Waals surface area (Å²) in [5.41, 5.74) is 5.17. The summed E-state index contributed by atoms with van der Waals surface area (Å²) < 4.78 is 5.23. The summed E-state index contributed by atoms with van der Waals surface area (Å²) in [5.74, 6) is 0. The van der Waals surface area contributed by atoms with E-state index in [4.69, 9.17) is 10.5 Å². The summed E-state index contributed by atoms with van der Waals surface area (Å²) in [7, 11) is 0. The lowest BCUT2D eigenvalue weighted by Gasteiger charge is -2.39. The first-order chi connectivity index (χ1) is 6.21. The van der Waals surface area contributed by atoms with Gasteiger partial charge in [0, 0.05) is 32.0 Å². The summed E-state index contributed by atoms with van der Waals surface area (Å²) in [4.78, 5) is 2.11. The van der Waals surface area contributed by atoms with E-state index in [9.17, 15) is 5.11 Å². The fourth-order valence-corrected chi connectivity index (χ4v) is 2.18. The molecule has 0 bridgehead atoms.